The molecule has 1 aromatic carbocycles. The Labute approximate surface area is 81.7 Å². The van der Waals surface area contributed by atoms with Crippen molar-refractivity contribution in [2.24, 2.45) is 0 Å². The van der Waals surface area contributed by atoms with E-state index in [9.17, 15) is 0 Å². The molecule has 0 heterocycles. The second-order valence-electron chi connectivity index (χ2n) is 2.77. The molecule has 1 heteroatoms. The zero-order valence-electron chi connectivity index (χ0n) is 8.70. The summed E-state index contributed by atoms with van der Waals surface area (Å²) >= 11 is 0. The summed E-state index contributed by atoms with van der Waals surface area (Å²) in [7, 11) is 0. The van der Waals surface area contributed by atoms with Gasteiger partial charge >= 0.3 is 0 Å². The third kappa shape index (κ3) is 11.2. The first-order valence-corrected chi connectivity index (χ1v) is 4.99. The first-order chi connectivity index (χ1) is 6.41. The van der Waals surface area contributed by atoms with Crippen LogP contribution in [-0.4, -0.2) is 13.2 Å². The molecule has 0 aromatic heterocycles. The molecule has 0 saturated heterocycles. The Morgan fingerprint density at radius 1 is 0.692 bits per heavy atom. The fraction of sp³-hybridized carbons (Fsp3) is 0.500. The minimum Gasteiger partial charge on any atom is -0.381 e. The van der Waals surface area contributed by atoms with Gasteiger partial charge < -0.3 is 4.74 Å². The molecule has 0 aliphatic carbocycles. The van der Waals surface area contributed by atoms with Gasteiger partial charge in [0.1, 0.15) is 0 Å². The van der Waals surface area contributed by atoms with E-state index >= 15 is 0 Å². The molecule has 0 atom stereocenters. The molecule has 13 heavy (non-hydrogen) atoms. The molecule has 0 aliphatic rings. The van der Waals surface area contributed by atoms with Gasteiger partial charge in [0.2, 0.25) is 0 Å². The molecular weight excluding hydrogens is 160 g/mol. The van der Waals surface area contributed by atoms with Crippen LogP contribution in [0.5, 0.6) is 0 Å². The predicted molar refractivity (Wildman–Crippen MR) is 57.8 cm³/mol. The van der Waals surface area contributed by atoms with Gasteiger partial charge in [-0.25, -0.2) is 0 Å². The fourth-order valence-electron chi connectivity index (χ4n) is 0.776. The Hall–Kier alpha value is -0.820. The molecule has 0 bridgehead atoms. The van der Waals surface area contributed by atoms with Crippen molar-refractivity contribution < 1.29 is 4.74 Å². The van der Waals surface area contributed by atoms with E-state index < -0.39 is 0 Å². The van der Waals surface area contributed by atoms with Crippen LogP contribution in [0.3, 0.4) is 0 Å². The number of hydrogen-bond donors (Lipinski definition) is 0. The maximum atomic E-state index is 5.13. The van der Waals surface area contributed by atoms with Crippen LogP contribution in [0.25, 0.3) is 0 Å². The molecule has 0 fully saturated rings. The Morgan fingerprint density at radius 3 is 1.23 bits per heavy atom. The average Bonchev–Trinajstić information content (AvgIpc) is 2.22. The van der Waals surface area contributed by atoms with E-state index in [0.29, 0.717) is 0 Å². The van der Waals surface area contributed by atoms with E-state index in [1.54, 1.807) is 0 Å². The highest BCUT2D eigenvalue weighted by Gasteiger charge is 1.77. The second kappa shape index (κ2) is 11.2. The van der Waals surface area contributed by atoms with E-state index in [2.05, 4.69) is 13.8 Å². The van der Waals surface area contributed by atoms with E-state index in [1.165, 1.54) is 0 Å². The lowest BCUT2D eigenvalue weighted by Crippen LogP contribution is -1.92. The summed E-state index contributed by atoms with van der Waals surface area (Å²) in [6, 6.07) is 12.0. The van der Waals surface area contributed by atoms with E-state index in [-0.39, 0.29) is 0 Å². The normalized spacial score (nSPS) is 8.77. The van der Waals surface area contributed by atoms with E-state index in [1.807, 2.05) is 36.4 Å². The molecule has 1 rings (SSSR count). The first-order valence-electron chi connectivity index (χ1n) is 4.99. The minimum atomic E-state index is 0.924. The maximum absolute atomic E-state index is 5.13. The minimum absolute atomic E-state index is 0.924. The van der Waals surface area contributed by atoms with Crippen LogP contribution >= 0.6 is 0 Å². The van der Waals surface area contributed by atoms with Crippen LogP contribution in [-0.2, 0) is 4.74 Å². The summed E-state index contributed by atoms with van der Waals surface area (Å²) in [5.41, 5.74) is 0. The van der Waals surface area contributed by atoms with Gasteiger partial charge in [-0.2, -0.15) is 0 Å². The molecule has 0 radical (unpaired) electrons. The highest BCUT2D eigenvalue weighted by atomic mass is 16.5. The summed E-state index contributed by atoms with van der Waals surface area (Å²) in [6.07, 6.45) is 2.28. The molecule has 74 valence electrons. The van der Waals surface area contributed by atoms with Crippen LogP contribution in [0.4, 0.5) is 0 Å². The largest absolute Gasteiger partial charge is 0.381 e. The molecule has 0 spiro atoms. The molecule has 0 saturated carbocycles. The van der Waals surface area contributed by atoms with Crippen molar-refractivity contribution in [1.29, 1.82) is 0 Å². The molecule has 0 aliphatic heterocycles. The monoisotopic (exact) mass is 180 g/mol. The lowest BCUT2D eigenvalue weighted by atomic mass is 10.4. The van der Waals surface area contributed by atoms with Crippen LogP contribution in [0.15, 0.2) is 36.4 Å². The van der Waals surface area contributed by atoms with Crippen molar-refractivity contribution in [3.63, 3.8) is 0 Å². The zero-order chi connectivity index (χ0) is 9.78. The number of rotatable bonds is 4. The van der Waals surface area contributed by atoms with Crippen molar-refractivity contribution >= 4 is 0 Å². The average molecular weight is 180 g/mol. The lowest BCUT2D eigenvalue weighted by molar-refractivity contribution is 0.135. The van der Waals surface area contributed by atoms with Gasteiger partial charge in [-0.15, -0.1) is 0 Å². The van der Waals surface area contributed by atoms with E-state index in [4.69, 9.17) is 4.74 Å². The fourth-order valence-corrected chi connectivity index (χ4v) is 0.776. The Morgan fingerprint density at radius 2 is 1.00 bits per heavy atom. The molecule has 1 aromatic rings. The van der Waals surface area contributed by atoms with Crippen LogP contribution in [0, 0.1) is 0 Å². The van der Waals surface area contributed by atoms with Gasteiger partial charge in [0.15, 0.2) is 0 Å². The quantitative estimate of drug-likeness (QED) is 0.644. The zero-order valence-corrected chi connectivity index (χ0v) is 8.70. The van der Waals surface area contributed by atoms with Gasteiger partial charge in [-0.05, 0) is 12.8 Å². The van der Waals surface area contributed by atoms with Gasteiger partial charge in [-0.1, -0.05) is 50.2 Å². The molecule has 0 unspecified atom stereocenters. The van der Waals surface area contributed by atoms with Gasteiger partial charge in [-0.3, -0.25) is 0 Å². The molecule has 0 amide bonds. The SMILES string of the molecule is CCCOCCC.c1ccccc1. The van der Waals surface area contributed by atoms with Crippen LogP contribution in [0.2, 0.25) is 0 Å². The van der Waals surface area contributed by atoms with Crippen LogP contribution in [0.1, 0.15) is 26.7 Å². The van der Waals surface area contributed by atoms with Gasteiger partial charge in [0.25, 0.3) is 0 Å². The van der Waals surface area contributed by atoms with Gasteiger partial charge in [0, 0.05) is 13.2 Å². The molecule has 1 nitrogen and oxygen atoms in total. The summed E-state index contributed by atoms with van der Waals surface area (Å²) < 4.78 is 5.13. The summed E-state index contributed by atoms with van der Waals surface area (Å²) in [5, 5.41) is 0. The molecule has 0 N–H and O–H groups in total. The Bertz CT molecular complexity index is 129. The summed E-state index contributed by atoms with van der Waals surface area (Å²) in [5.74, 6) is 0. The maximum Gasteiger partial charge on any atom is 0.0463 e. The van der Waals surface area contributed by atoms with Crippen LogP contribution < -0.4 is 0 Å². The third-order valence-corrected chi connectivity index (χ3v) is 1.36. The second-order valence-corrected chi connectivity index (χ2v) is 2.77. The topological polar surface area (TPSA) is 9.23 Å². The standard InChI is InChI=1S/C6H14O.C6H6/c1-3-5-7-6-4-2;1-2-4-6-5-3-1/h3-6H2,1-2H3;1-6H. The van der Waals surface area contributed by atoms with E-state index in [0.717, 1.165) is 26.1 Å². The summed E-state index contributed by atoms with van der Waals surface area (Å²) in [4.78, 5) is 0. The number of hydrogen-bond acceptors (Lipinski definition) is 1. The first kappa shape index (κ1) is 12.2. The molecular formula is C12H20O. The highest BCUT2D eigenvalue weighted by molar-refractivity contribution is 4.99. The lowest BCUT2D eigenvalue weighted by Gasteiger charge is -1.95. The van der Waals surface area contributed by atoms with Crippen molar-refractivity contribution in [2.45, 2.75) is 26.7 Å². The Balaban J connectivity index is 0.000000223. The van der Waals surface area contributed by atoms with Crippen molar-refractivity contribution in [1.82, 2.24) is 0 Å². The highest BCUT2D eigenvalue weighted by Crippen LogP contribution is 1.81. The summed E-state index contributed by atoms with van der Waals surface area (Å²) in [6.45, 7) is 6.09. The van der Waals surface area contributed by atoms with Crippen molar-refractivity contribution in [3.05, 3.63) is 36.4 Å². The Kier molecular flexibility index (Phi) is 10.5. The van der Waals surface area contributed by atoms with Gasteiger partial charge in [0.05, 0.1) is 0 Å². The van der Waals surface area contributed by atoms with Crippen molar-refractivity contribution in [3.8, 4) is 0 Å². The predicted octanol–water partition coefficient (Wildman–Crippen LogP) is 3.51. The van der Waals surface area contributed by atoms with Crippen molar-refractivity contribution in [2.75, 3.05) is 13.2 Å². The third-order valence-electron chi connectivity index (χ3n) is 1.36. The smallest absolute Gasteiger partial charge is 0.0463 e. The number of ether oxygens (including phenoxy) is 1. The number of benzene rings is 1.